The van der Waals surface area contributed by atoms with E-state index in [0.29, 0.717) is 6.42 Å². The molecule has 0 rings (SSSR count). The van der Waals surface area contributed by atoms with Crippen LogP contribution < -0.4 is 0 Å². The molecule has 3 nitrogen and oxygen atoms in total. The highest BCUT2D eigenvalue weighted by molar-refractivity contribution is 6.32. The van der Waals surface area contributed by atoms with Crippen molar-refractivity contribution in [1.29, 1.82) is 0 Å². The lowest BCUT2D eigenvalue weighted by Gasteiger charge is -1.85. The summed E-state index contributed by atoms with van der Waals surface area (Å²) in [5.41, 5.74) is 0. The predicted molar refractivity (Wildman–Crippen MR) is 27.6 cm³/mol. The maximum Gasteiger partial charge on any atom is 0.372 e. The normalized spacial score (nSPS) is 8.62. The summed E-state index contributed by atoms with van der Waals surface area (Å²) < 4.78 is 0. The molecule has 0 spiro atoms. The number of Topliss-reactive ketones (excluding diaryl/α,β-unsaturated/α-hetero) is 1. The van der Waals surface area contributed by atoms with Crippen LogP contribution in [0.4, 0.5) is 0 Å². The van der Waals surface area contributed by atoms with E-state index in [1.807, 2.05) is 0 Å². The van der Waals surface area contributed by atoms with Gasteiger partial charge in [-0.05, 0) is 6.42 Å². The summed E-state index contributed by atoms with van der Waals surface area (Å²) in [6.45, 7) is 1.76. The molecule has 0 aromatic heterocycles. The van der Waals surface area contributed by atoms with Crippen LogP contribution in [0.1, 0.15) is 19.8 Å². The van der Waals surface area contributed by atoms with Crippen molar-refractivity contribution in [2.24, 2.45) is 0 Å². The van der Waals surface area contributed by atoms with Gasteiger partial charge in [-0.25, -0.2) is 4.79 Å². The molecule has 0 heterocycles. The summed E-state index contributed by atoms with van der Waals surface area (Å²) in [7, 11) is 0. The molecule has 0 aromatic rings. The van der Waals surface area contributed by atoms with Crippen LogP contribution in [0.3, 0.4) is 0 Å². The number of hydrogen-bond donors (Lipinski definition) is 1. The molecular weight excluding hydrogens is 109 g/mol. The first-order chi connectivity index (χ1) is 3.68. The molecule has 0 bridgehead atoms. The molecule has 0 saturated heterocycles. The number of carboxylic acid groups (broad SMARTS) is 1. The van der Waals surface area contributed by atoms with E-state index in [2.05, 4.69) is 0 Å². The van der Waals surface area contributed by atoms with Crippen LogP contribution in [-0.2, 0) is 9.59 Å². The van der Waals surface area contributed by atoms with E-state index in [9.17, 15) is 9.59 Å². The van der Waals surface area contributed by atoms with Crippen molar-refractivity contribution in [3.63, 3.8) is 0 Å². The van der Waals surface area contributed by atoms with Gasteiger partial charge in [0.15, 0.2) is 0 Å². The van der Waals surface area contributed by atoms with Crippen LogP contribution in [0, 0.1) is 0 Å². The number of carboxylic acids is 1. The zero-order valence-electron chi connectivity index (χ0n) is 4.68. The number of carbonyl (C=O) groups excluding carboxylic acids is 1. The number of hydrogen-bond acceptors (Lipinski definition) is 2. The SMILES string of the molecule is CC[13CH2]C(=O)C(=O)O. The van der Waals surface area contributed by atoms with E-state index >= 15 is 0 Å². The van der Waals surface area contributed by atoms with E-state index in [0.717, 1.165) is 0 Å². The lowest BCUT2D eigenvalue weighted by molar-refractivity contribution is -0.149. The van der Waals surface area contributed by atoms with E-state index in [1.54, 1.807) is 6.92 Å². The number of rotatable bonds is 3. The minimum absolute atomic E-state index is 0.148. The molecule has 3 heteroatoms. The second kappa shape index (κ2) is 3.18. The van der Waals surface area contributed by atoms with Gasteiger partial charge < -0.3 is 5.11 Å². The van der Waals surface area contributed by atoms with Crippen LogP contribution in [0.15, 0.2) is 0 Å². The van der Waals surface area contributed by atoms with Gasteiger partial charge in [-0.15, -0.1) is 0 Å². The van der Waals surface area contributed by atoms with E-state index in [-0.39, 0.29) is 6.42 Å². The fourth-order valence-corrected chi connectivity index (χ4v) is 0.334. The molecule has 0 atom stereocenters. The monoisotopic (exact) mass is 117 g/mol. The first-order valence-corrected chi connectivity index (χ1v) is 2.44. The Labute approximate surface area is 47.3 Å². The van der Waals surface area contributed by atoms with Crippen LogP contribution in [0.25, 0.3) is 0 Å². The summed E-state index contributed by atoms with van der Waals surface area (Å²) in [6.07, 6.45) is 0.750. The highest BCUT2D eigenvalue weighted by Crippen LogP contribution is 1.87. The molecule has 0 aromatic carbocycles. The van der Waals surface area contributed by atoms with Crippen molar-refractivity contribution < 1.29 is 14.7 Å². The Hall–Kier alpha value is -0.860. The topological polar surface area (TPSA) is 54.4 Å². The molecule has 0 saturated carbocycles. The van der Waals surface area contributed by atoms with E-state index in [1.165, 1.54) is 0 Å². The third-order valence-electron chi connectivity index (χ3n) is 0.716. The smallest absolute Gasteiger partial charge is 0.372 e. The number of carbonyl (C=O) groups is 2. The molecule has 0 unspecified atom stereocenters. The van der Waals surface area contributed by atoms with Crippen LogP contribution in [0.5, 0.6) is 0 Å². The molecule has 8 heavy (non-hydrogen) atoms. The van der Waals surface area contributed by atoms with Crippen molar-refractivity contribution in [2.75, 3.05) is 0 Å². The third kappa shape index (κ3) is 2.34. The molecule has 0 aliphatic heterocycles. The molecule has 0 fully saturated rings. The molecule has 0 aliphatic rings. The maximum absolute atomic E-state index is 10.1. The lowest BCUT2D eigenvalue weighted by Crippen LogP contribution is -2.10. The van der Waals surface area contributed by atoms with Crippen molar-refractivity contribution in [1.82, 2.24) is 0 Å². The Bertz CT molecular complexity index is 106. The summed E-state index contributed by atoms with van der Waals surface area (Å²) in [5, 5.41) is 7.96. The predicted octanol–water partition coefficient (Wildman–Crippen LogP) is 0.440. The Kier molecular flexibility index (Phi) is 2.84. The zero-order chi connectivity index (χ0) is 6.57. The second-order valence-corrected chi connectivity index (χ2v) is 1.48. The van der Waals surface area contributed by atoms with Gasteiger partial charge in [-0.3, -0.25) is 4.79 Å². The summed E-state index contributed by atoms with van der Waals surface area (Å²) in [6, 6.07) is 0. The van der Waals surface area contributed by atoms with Crippen molar-refractivity contribution >= 4 is 11.8 Å². The van der Waals surface area contributed by atoms with Crippen molar-refractivity contribution in [3.8, 4) is 0 Å². The Morgan fingerprint density at radius 3 is 2.12 bits per heavy atom. The average Bonchev–Trinajstić information content (AvgIpc) is 1.67. The molecule has 0 radical (unpaired) electrons. The fraction of sp³-hybridized carbons (Fsp3) is 0.600. The Balaban J connectivity index is 3.49. The first-order valence-electron chi connectivity index (χ1n) is 2.44. The summed E-state index contributed by atoms with van der Waals surface area (Å²) >= 11 is 0. The highest BCUT2D eigenvalue weighted by atomic mass is 16.4. The minimum Gasteiger partial charge on any atom is -0.476 e. The summed E-state index contributed by atoms with van der Waals surface area (Å²) in [4.78, 5) is 19.9. The van der Waals surface area contributed by atoms with Gasteiger partial charge in [0, 0.05) is 6.42 Å². The quantitative estimate of drug-likeness (QED) is 0.431. The van der Waals surface area contributed by atoms with E-state index < -0.39 is 11.8 Å². The molecule has 1 N–H and O–H groups in total. The van der Waals surface area contributed by atoms with Crippen molar-refractivity contribution in [3.05, 3.63) is 0 Å². The van der Waals surface area contributed by atoms with Crippen LogP contribution in [-0.4, -0.2) is 16.9 Å². The van der Waals surface area contributed by atoms with Gasteiger partial charge in [0.1, 0.15) is 0 Å². The molecule has 0 amide bonds. The largest absolute Gasteiger partial charge is 0.476 e. The van der Waals surface area contributed by atoms with Gasteiger partial charge in [-0.2, -0.15) is 0 Å². The van der Waals surface area contributed by atoms with Gasteiger partial charge in [-0.1, -0.05) is 6.92 Å². The minimum atomic E-state index is -1.33. The fourth-order valence-electron chi connectivity index (χ4n) is 0.334. The van der Waals surface area contributed by atoms with E-state index in [4.69, 9.17) is 5.11 Å². The van der Waals surface area contributed by atoms with Gasteiger partial charge in [0.05, 0.1) is 0 Å². The van der Waals surface area contributed by atoms with Gasteiger partial charge in [0.2, 0.25) is 5.78 Å². The molecule has 46 valence electrons. The second-order valence-electron chi connectivity index (χ2n) is 1.48. The number of aliphatic carboxylic acids is 1. The standard InChI is InChI=1S/C5H8O3/c1-2-3-4(6)5(7)8/h2-3H2,1H3,(H,7,8)/i3+1. The molecule has 0 aliphatic carbocycles. The van der Waals surface area contributed by atoms with Crippen molar-refractivity contribution in [2.45, 2.75) is 19.8 Å². The van der Waals surface area contributed by atoms with Crippen LogP contribution in [0.2, 0.25) is 0 Å². The summed E-state index contributed by atoms with van der Waals surface area (Å²) in [5.74, 6) is -2.03. The van der Waals surface area contributed by atoms with Gasteiger partial charge >= 0.3 is 5.97 Å². The zero-order valence-corrected chi connectivity index (χ0v) is 4.68. The van der Waals surface area contributed by atoms with Crippen LogP contribution >= 0.6 is 0 Å². The Morgan fingerprint density at radius 1 is 1.50 bits per heavy atom. The molecular formula is C5H8O3. The maximum atomic E-state index is 10.1. The van der Waals surface area contributed by atoms with Gasteiger partial charge in [0.25, 0.3) is 0 Å². The third-order valence-corrected chi connectivity index (χ3v) is 0.716. The first kappa shape index (κ1) is 7.14. The lowest BCUT2D eigenvalue weighted by atomic mass is 10.5. The Morgan fingerprint density at radius 2 is 2.00 bits per heavy atom. The highest BCUT2D eigenvalue weighted by Gasteiger charge is 2.07. The average molecular weight is 117 g/mol. The number of ketones is 1.